The third kappa shape index (κ3) is 4.20. The zero-order chi connectivity index (χ0) is 13.9. The molecular weight excluding hydrogens is 234 g/mol. The quantitative estimate of drug-likeness (QED) is 0.812. The number of carbonyl (C=O) groups excluding carboxylic acids is 2. The van der Waals surface area contributed by atoms with E-state index in [2.05, 4.69) is 10.4 Å². The molecule has 0 radical (unpaired) electrons. The molecule has 0 aliphatic carbocycles. The molecule has 1 aromatic rings. The Morgan fingerprint density at radius 1 is 1.44 bits per heavy atom. The Bertz CT molecular complexity index is 446. The van der Waals surface area contributed by atoms with Gasteiger partial charge in [0, 0.05) is 13.2 Å². The van der Waals surface area contributed by atoms with Gasteiger partial charge in [-0.1, -0.05) is 0 Å². The molecule has 18 heavy (non-hydrogen) atoms. The molecule has 0 saturated carbocycles. The van der Waals surface area contributed by atoms with Gasteiger partial charge in [0.15, 0.2) is 0 Å². The predicted octanol–water partition coefficient (Wildman–Crippen LogP) is 0.880. The van der Waals surface area contributed by atoms with Crippen molar-refractivity contribution in [2.24, 2.45) is 7.05 Å². The standard InChI is InChI=1S/C12H19N3O3/c1-8(11(17)18-12(2,3)4)13-10(16)9-6-7-15(5)14-9/h6-8H,1-5H3,(H,13,16)/t8-/m1/s1. The van der Waals surface area contributed by atoms with Gasteiger partial charge in [-0.2, -0.15) is 5.10 Å². The van der Waals surface area contributed by atoms with Gasteiger partial charge >= 0.3 is 5.97 Å². The maximum atomic E-state index is 11.7. The number of ether oxygens (including phenoxy) is 1. The Labute approximate surface area is 106 Å². The molecule has 1 rings (SSSR count). The second-order valence-electron chi connectivity index (χ2n) is 5.10. The molecule has 0 unspecified atom stereocenters. The van der Waals surface area contributed by atoms with Crippen LogP contribution < -0.4 is 5.32 Å². The third-order valence-corrected chi connectivity index (χ3v) is 2.05. The molecule has 100 valence electrons. The fraction of sp³-hybridized carbons (Fsp3) is 0.583. The lowest BCUT2D eigenvalue weighted by Gasteiger charge is -2.22. The third-order valence-electron chi connectivity index (χ3n) is 2.05. The number of esters is 1. The summed E-state index contributed by atoms with van der Waals surface area (Å²) in [6.45, 7) is 6.91. The molecule has 1 amide bonds. The lowest BCUT2D eigenvalue weighted by atomic mass is 10.2. The van der Waals surface area contributed by atoms with Crippen LogP contribution in [0.2, 0.25) is 0 Å². The van der Waals surface area contributed by atoms with Gasteiger partial charge in [-0.25, -0.2) is 4.79 Å². The molecule has 0 aliphatic heterocycles. The summed E-state index contributed by atoms with van der Waals surface area (Å²) >= 11 is 0. The molecule has 1 aromatic heterocycles. The van der Waals surface area contributed by atoms with Gasteiger partial charge in [-0.05, 0) is 33.8 Å². The smallest absolute Gasteiger partial charge is 0.328 e. The maximum Gasteiger partial charge on any atom is 0.328 e. The summed E-state index contributed by atoms with van der Waals surface area (Å²) in [4.78, 5) is 23.4. The number of amides is 1. The number of nitrogens with zero attached hydrogens (tertiary/aromatic N) is 2. The number of hydrogen-bond donors (Lipinski definition) is 1. The molecular formula is C12H19N3O3. The molecule has 1 atom stereocenters. The van der Waals surface area contributed by atoms with Crippen LogP contribution in [0.5, 0.6) is 0 Å². The number of aromatic nitrogens is 2. The SMILES string of the molecule is C[C@@H](NC(=O)c1ccn(C)n1)C(=O)OC(C)(C)C. The molecule has 0 aliphatic rings. The molecule has 0 bridgehead atoms. The lowest BCUT2D eigenvalue weighted by molar-refractivity contribution is -0.156. The second kappa shape index (κ2) is 5.20. The number of carbonyl (C=O) groups is 2. The van der Waals surface area contributed by atoms with E-state index in [1.807, 2.05) is 0 Å². The lowest BCUT2D eigenvalue weighted by Crippen LogP contribution is -2.42. The van der Waals surface area contributed by atoms with Gasteiger partial charge in [-0.15, -0.1) is 0 Å². The number of rotatable bonds is 3. The summed E-state index contributed by atoms with van der Waals surface area (Å²) in [5, 5.41) is 6.49. The van der Waals surface area contributed by atoms with Gasteiger partial charge in [0.1, 0.15) is 17.3 Å². The van der Waals surface area contributed by atoms with Crippen molar-refractivity contribution in [1.29, 1.82) is 0 Å². The van der Waals surface area contributed by atoms with Crippen molar-refractivity contribution < 1.29 is 14.3 Å². The van der Waals surface area contributed by atoms with Gasteiger partial charge < -0.3 is 10.1 Å². The maximum absolute atomic E-state index is 11.7. The van der Waals surface area contributed by atoms with Crippen LogP contribution in [0.4, 0.5) is 0 Å². The van der Waals surface area contributed by atoms with Crippen molar-refractivity contribution >= 4 is 11.9 Å². The van der Waals surface area contributed by atoms with Crippen LogP contribution in [0.1, 0.15) is 38.2 Å². The molecule has 1 N–H and O–H groups in total. The van der Waals surface area contributed by atoms with E-state index in [1.165, 1.54) is 4.68 Å². The van der Waals surface area contributed by atoms with Gasteiger partial charge in [0.05, 0.1) is 0 Å². The molecule has 0 aromatic carbocycles. The average molecular weight is 253 g/mol. The zero-order valence-electron chi connectivity index (χ0n) is 11.4. The van der Waals surface area contributed by atoms with E-state index in [9.17, 15) is 9.59 Å². The monoisotopic (exact) mass is 253 g/mol. The van der Waals surface area contributed by atoms with Crippen molar-refractivity contribution in [1.82, 2.24) is 15.1 Å². The van der Waals surface area contributed by atoms with E-state index in [4.69, 9.17) is 4.74 Å². The topological polar surface area (TPSA) is 73.2 Å². The first-order chi connectivity index (χ1) is 8.19. The molecule has 0 saturated heterocycles. The summed E-state index contributed by atoms with van der Waals surface area (Å²) in [5.41, 5.74) is -0.297. The van der Waals surface area contributed by atoms with Crippen LogP contribution in [-0.4, -0.2) is 33.3 Å². The largest absolute Gasteiger partial charge is 0.458 e. The normalized spacial score (nSPS) is 12.9. The van der Waals surface area contributed by atoms with Crippen molar-refractivity contribution in [3.63, 3.8) is 0 Å². The second-order valence-corrected chi connectivity index (χ2v) is 5.10. The first kappa shape index (κ1) is 14.2. The first-order valence-electron chi connectivity index (χ1n) is 5.72. The van der Waals surface area contributed by atoms with Crippen molar-refractivity contribution in [3.05, 3.63) is 18.0 Å². The Morgan fingerprint density at radius 2 is 2.06 bits per heavy atom. The van der Waals surface area contributed by atoms with Crippen LogP contribution >= 0.6 is 0 Å². The summed E-state index contributed by atoms with van der Waals surface area (Å²) in [5.74, 6) is -0.860. The van der Waals surface area contributed by atoms with Crippen molar-refractivity contribution in [2.75, 3.05) is 0 Å². The highest BCUT2D eigenvalue weighted by atomic mass is 16.6. The highest BCUT2D eigenvalue weighted by Gasteiger charge is 2.23. The van der Waals surface area contributed by atoms with Crippen LogP contribution in [-0.2, 0) is 16.6 Å². The predicted molar refractivity (Wildman–Crippen MR) is 66.0 cm³/mol. The minimum atomic E-state index is -0.710. The van der Waals surface area contributed by atoms with Crippen LogP contribution in [0.15, 0.2) is 12.3 Å². The van der Waals surface area contributed by atoms with E-state index in [1.54, 1.807) is 47.0 Å². The first-order valence-corrected chi connectivity index (χ1v) is 5.72. The minimum Gasteiger partial charge on any atom is -0.458 e. The summed E-state index contributed by atoms with van der Waals surface area (Å²) in [6.07, 6.45) is 1.66. The highest BCUT2D eigenvalue weighted by molar-refractivity contribution is 5.95. The van der Waals surface area contributed by atoms with E-state index in [0.29, 0.717) is 0 Å². The van der Waals surface area contributed by atoms with Gasteiger partial charge in [0.25, 0.3) is 5.91 Å². The number of aryl methyl sites for hydroxylation is 1. The average Bonchev–Trinajstić information content (AvgIpc) is 2.62. The zero-order valence-corrected chi connectivity index (χ0v) is 11.4. The molecule has 6 heteroatoms. The fourth-order valence-electron chi connectivity index (χ4n) is 1.26. The fourth-order valence-corrected chi connectivity index (χ4v) is 1.26. The molecule has 0 spiro atoms. The van der Waals surface area contributed by atoms with E-state index in [0.717, 1.165) is 0 Å². The van der Waals surface area contributed by atoms with Crippen molar-refractivity contribution in [3.8, 4) is 0 Å². The Morgan fingerprint density at radius 3 is 2.50 bits per heavy atom. The minimum absolute atomic E-state index is 0.271. The van der Waals surface area contributed by atoms with Crippen LogP contribution in [0.25, 0.3) is 0 Å². The highest BCUT2D eigenvalue weighted by Crippen LogP contribution is 2.08. The summed E-state index contributed by atoms with van der Waals surface area (Å²) in [6, 6.07) is 0.871. The summed E-state index contributed by atoms with van der Waals surface area (Å²) in [7, 11) is 1.72. The Balaban J connectivity index is 2.57. The molecule has 1 heterocycles. The molecule has 0 fully saturated rings. The van der Waals surface area contributed by atoms with E-state index in [-0.39, 0.29) is 5.69 Å². The van der Waals surface area contributed by atoms with Crippen molar-refractivity contribution in [2.45, 2.75) is 39.3 Å². The Kier molecular flexibility index (Phi) is 4.11. The van der Waals surface area contributed by atoms with Crippen LogP contribution in [0.3, 0.4) is 0 Å². The van der Waals surface area contributed by atoms with E-state index >= 15 is 0 Å². The Hall–Kier alpha value is -1.85. The van der Waals surface area contributed by atoms with E-state index < -0.39 is 23.5 Å². The number of hydrogen-bond acceptors (Lipinski definition) is 4. The molecule has 6 nitrogen and oxygen atoms in total. The van der Waals surface area contributed by atoms with Gasteiger partial charge in [-0.3, -0.25) is 9.48 Å². The number of nitrogens with one attached hydrogen (secondary N) is 1. The van der Waals surface area contributed by atoms with Gasteiger partial charge in [0.2, 0.25) is 0 Å². The van der Waals surface area contributed by atoms with Crippen LogP contribution in [0, 0.1) is 0 Å². The summed E-state index contributed by atoms with van der Waals surface area (Å²) < 4.78 is 6.68.